The van der Waals surface area contributed by atoms with Crippen molar-refractivity contribution >= 4 is 11.6 Å². The number of rotatable bonds is 5. The van der Waals surface area contributed by atoms with Crippen LogP contribution < -0.4 is 10.1 Å². The Labute approximate surface area is 143 Å². The number of nitrogens with zero attached hydrogens (tertiary/aromatic N) is 5. The van der Waals surface area contributed by atoms with Gasteiger partial charge in [-0.15, -0.1) is 5.10 Å². The summed E-state index contributed by atoms with van der Waals surface area (Å²) in [5.41, 5.74) is 1.87. The molecule has 0 atom stereocenters. The lowest BCUT2D eigenvalue weighted by Crippen LogP contribution is -2.12. The number of hydrogen-bond acceptors (Lipinski definition) is 6. The highest BCUT2D eigenvalue weighted by atomic mass is 16.5. The highest BCUT2D eigenvalue weighted by Crippen LogP contribution is 2.40. The molecule has 2 aromatic heterocycles. The summed E-state index contributed by atoms with van der Waals surface area (Å²) in [7, 11) is 1.59. The van der Waals surface area contributed by atoms with Gasteiger partial charge in [-0.1, -0.05) is 0 Å². The van der Waals surface area contributed by atoms with Crippen LogP contribution in [0.5, 0.6) is 5.75 Å². The number of methoxy groups -OCH3 is 1. The maximum atomic E-state index is 12.3. The second-order valence-corrected chi connectivity index (χ2v) is 5.80. The molecule has 1 amide bonds. The molecule has 1 aromatic carbocycles. The van der Waals surface area contributed by atoms with E-state index in [0.717, 1.165) is 18.7 Å². The molecule has 0 aliphatic heterocycles. The first-order chi connectivity index (χ1) is 12.3. The van der Waals surface area contributed by atoms with Gasteiger partial charge < -0.3 is 10.1 Å². The molecule has 0 saturated heterocycles. The fraction of sp³-hybridized carbons (Fsp3) is 0.235. The van der Waals surface area contributed by atoms with Crippen LogP contribution >= 0.6 is 0 Å². The molecular formula is C17H16N6O2. The van der Waals surface area contributed by atoms with Gasteiger partial charge >= 0.3 is 0 Å². The number of amides is 1. The van der Waals surface area contributed by atoms with E-state index in [1.54, 1.807) is 54.5 Å². The van der Waals surface area contributed by atoms with Crippen LogP contribution in [-0.2, 0) is 0 Å². The molecule has 1 aliphatic carbocycles. The number of nitrogens with one attached hydrogen (secondary N) is 1. The van der Waals surface area contributed by atoms with Crippen molar-refractivity contribution in [2.24, 2.45) is 0 Å². The van der Waals surface area contributed by atoms with Crippen LogP contribution in [0.25, 0.3) is 5.69 Å². The molecular weight excluding hydrogens is 320 g/mol. The summed E-state index contributed by atoms with van der Waals surface area (Å²) in [4.78, 5) is 16.2. The molecule has 0 radical (unpaired) electrons. The van der Waals surface area contributed by atoms with E-state index in [4.69, 9.17) is 4.74 Å². The van der Waals surface area contributed by atoms with Gasteiger partial charge in [-0.3, -0.25) is 9.78 Å². The number of pyridine rings is 1. The summed E-state index contributed by atoms with van der Waals surface area (Å²) in [5.74, 6) is 1.62. The van der Waals surface area contributed by atoms with Gasteiger partial charge in [-0.2, -0.15) is 4.68 Å². The van der Waals surface area contributed by atoms with Crippen LogP contribution in [0.2, 0.25) is 0 Å². The van der Waals surface area contributed by atoms with Crippen molar-refractivity contribution in [2.75, 3.05) is 12.4 Å². The number of anilines is 1. The van der Waals surface area contributed by atoms with Crippen molar-refractivity contribution < 1.29 is 9.53 Å². The van der Waals surface area contributed by atoms with Gasteiger partial charge in [0.25, 0.3) is 5.91 Å². The normalized spacial score (nSPS) is 13.5. The molecule has 1 N–H and O–H groups in total. The Hall–Kier alpha value is -3.29. The maximum absolute atomic E-state index is 12.3. The smallest absolute Gasteiger partial charge is 0.255 e. The van der Waals surface area contributed by atoms with E-state index in [0.29, 0.717) is 28.6 Å². The third kappa shape index (κ3) is 3.06. The zero-order valence-electron chi connectivity index (χ0n) is 13.6. The molecule has 0 bridgehead atoms. The molecule has 3 aromatic rings. The summed E-state index contributed by atoms with van der Waals surface area (Å²) < 4.78 is 7.11. The lowest BCUT2D eigenvalue weighted by atomic mass is 10.2. The molecule has 0 spiro atoms. The average Bonchev–Trinajstić information content (AvgIpc) is 3.39. The van der Waals surface area contributed by atoms with E-state index in [1.165, 1.54) is 0 Å². The summed E-state index contributed by atoms with van der Waals surface area (Å²) in [6, 6.07) is 8.69. The van der Waals surface area contributed by atoms with Crippen molar-refractivity contribution in [2.45, 2.75) is 18.8 Å². The number of carbonyl (C=O) groups excluding carboxylic acids is 1. The highest BCUT2D eigenvalue weighted by molar-refractivity contribution is 6.04. The van der Waals surface area contributed by atoms with Crippen LogP contribution in [0, 0.1) is 0 Å². The number of tetrazole rings is 1. The van der Waals surface area contributed by atoms with E-state index in [2.05, 4.69) is 25.8 Å². The Bertz CT molecular complexity index is 905. The number of hydrogen-bond donors (Lipinski definition) is 1. The quantitative estimate of drug-likeness (QED) is 0.767. The van der Waals surface area contributed by atoms with Crippen molar-refractivity contribution in [1.82, 2.24) is 25.2 Å². The molecule has 0 unspecified atom stereocenters. The molecule has 4 rings (SSSR count). The Kier molecular flexibility index (Phi) is 3.85. The molecule has 1 saturated carbocycles. The lowest BCUT2D eigenvalue weighted by molar-refractivity contribution is 0.102. The van der Waals surface area contributed by atoms with E-state index >= 15 is 0 Å². The van der Waals surface area contributed by atoms with Crippen LogP contribution in [0.4, 0.5) is 5.69 Å². The number of ether oxygens (including phenoxy) is 1. The van der Waals surface area contributed by atoms with E-state index in [1.807, 2.05) is 0 Å². The lowest BCUT2D eigenvalue weighted by Gasteiger charge is -2.12. The fourth-order valence-corrected chi connectivity index (χ4v) is 2.60. The maximum Gasteiger partial charge on any atom is 0.255 e. The summed E-state index contributed by atoms with van der Waals surface area (Å²) in [6.45, 7) is 0. The molecule has 2 heterocycles. The van der Waals surface area contributed by atoms with Gasteiger partial charge in [0.1, 0.15) is 11.4 Å². The fourth-order valence-electron chi connectivity index (χ4n) is 2.60. The minimum Gasteiger partial charge on any atom is -0.494 e. The Balaban J connectivity index is 1.66. The minimum atomic E-state index is -0.211. The highest BCUT2D eigenvalue weighted by Gasteiger charge is 2.30. The first kappa shape index (κ1) is 15.3. The SMILES string of the molecule is COc1ccc(NC(=O)c2ccncc2)cc1-n1nnnc1C1CC1. The second kappa shape index (κ2) is 6.31. The largest absolute Gasteiger partial charge is 0.494 e. The van der Waals surface area contributed by atoms with Crippen LogP contribution in [0.1, 0.15) is 34.9 Å². The zero-order valence-corrected chi connectivity index (χ0v) is 13.6. The van der Waals surface area contributed by atoms with Gasteiger partial charge in [0.05, 0.1) is 7.11 Å². The second-order valence-electron chi connectivity index (χ2n) is 5.80. The predicted molar refractivity (Wildman–Crippen MR) is 89.9 cm³/mol. The Morgan fingerprint density at radius 2 is 2.04 bits per heavy atom. The summed E-state index contributed by atoms with van der Waals surface area (Å²) >= 11 is 0. The van der Waals surface area contributed by atoms with E-state index in [-0.39, 0.29) is 5.91 Å². The standard InChI is InChI=1S/C17H16N6O2/c1-25-15-5-4-13(19-17(24)12-6-8-18-9-7-12)10-14(15)23-16(11-2-3-11)20-21-22-23/h4-11H,2-3H2,1H3,(H,19,24). The first-order valence-electron chi connectivity index (χ1n) is 7.94. The first-order valence-corrected chi connectivity index (χ1v) is 7.94. The third-order valence-corrected chi connectivity index (χ3v) is 4.04. The molecule has 1 aliphatic rings. The van der Waals surface area contributed by atoms with Gasteiger partial charge in [-0.25, -0.2) is 0 Å². The number of benzene rings is 1. The topological polar surface area (TPSA) is 94.8 Å². The summed E-state index contributed by atoms with van der Waals surface area (Å²) in [5, 5.41) is 14.9. The minimum absolute atomic E-state index is 0.211. The van der Waals surface area contributed by atoms with Gasteiger partial charge in [-0.05, 0) is 53.6 Å². The van der Waals surface area contributed by atoms with Crippen LogP contribution in [-0.4, -0.2) is 38.2 Å². The van der Waals surface area contributed by atoms with Crippen molar-refractivity contribution in [1.29, 1.82) is 0 Å². The molecule has 25 heavy (non-hydrogen) atoms. The number of aromatic nitrogens is 5. The van der Waals surface area contributed by atoms with Crippen LogP contribution in [0.3, 0.4) is 0 Å². The Morgan fingerprint density at radius 3 is 2.76 bits per heavy atom. The molecule has 8 nitrogen and oxygen atoms in total. The van der Waals surface area contributed by atoms with E-state index in [9.17, 15) is 4.79 Å². The van der Waals surface area contributed by atoms with Gasteiger partial charge in [0.2, 0.25) is 0 Å². The van der Waals surface area contributed by atoms with Crippen molar-refractivity contribution in [3.05, 3.63) is 54.1 Å². The average molecular weight is 336 g/mol. The van der Waals surface area contributed by atoms with Crippen molar-refractivity contribution in [3.63, 3.8) is 0 Å². The van der Waals surface area contributed by atoms with Gasteiger partial charge in [0, 0.05) is 29.6 Å². The predicted octanol–water partition coefficient (Wildman–Crippen LogP) is 2.20. The van der Waals surface area contributed by atoms with Crippen molar-refractivity contribution in [3.8, 4) is 11.4 Å². The Morgan fingerprint density at radius 1 is 1.24 bits per heavy atom. The molecule has 8 heteroatoms. The summed E-state index contributed by atoms with van der Waals surface area (Å²) in [6.07, 6.45) is 5.33. The van der Waals surface area contributed by atoms with E-state index < -0.39 is 0 Å². The monoisotopic (exact) mass is 336 g/mol. The molecule has 126 valence electrons. The van der Waals surface area contributed by atoms with Gasteiger partial charge in [0.15, 0.2) is 5.82 Å². The zero-order chi connectivity index (χ0) is 17.2. The molecule has 1 fully saturated rings. The van der Waals surface area contributed by atoms with Crippen LogP contribution in [0.15, 0.2) is 42.7 Å². The third-order valence-electron chi connectivity index (χ3n) is 4.04. The number of carbonyl (C=O) groups is 1.